The Morgan fingerprint density at radius 3 is 0.706 bits per heavy atom. The fraction of sp³-hybridized carbons (Fsp3) is 1.00. The van der Waals surface area contributed by atoms with E-state index in [1.54, 1.807) is 0 Å². The Balaban J connectivity index is 2.99. The van der Waals surface area contributed by atoms with Gasteiger partial charge in [0.2, 0.25) is 0 Å². The van der Waals surface area contributed by atoms with Crippen molar-refractivity contribution >= 4 is 0 Å². The lowest BCUT2D eigenvalue weighted by molar-refractivity contribution is 0.130. The van der Waals surface area contributed by atoms with E-state index in [-0.39, 0.29) is 0 Å². The van der Waals surface area contributed by atoms with Crippen molar-refractivity contribution in [2.24, 2.45) is 0 Å². The number of ether oxygens (including phenoxy) is 1. The van der Waals surface area contributed by atoms with Gasteiger partial charge in [-0.1, -0.05) is 187 Å². The lowest BCUT2D eigenvalue weighted by Gasteiger charge is -2.05. The molecule has 1 nitrogen and oxygen atoms in total. The lowest BCUT2D eigenvalue weighted by atomic mass is 10.0. The third-order valence-electron chi connectivity index (χ3n) is 7.49. The Hall–Kier alpha value is -0.0400. The maximum absolute atomic E-state index is 5.54. The molecule has 34 heavy (non-hydrogen) atoms. The molecule has 1 heteroatoms. The van der Waals surface area contributed by atoms with Crippen molar-refractivity contribution in [2.75, 3.05) is 13.2 Å². The van der Waals surface area contributed by atoms with Gasteiger partial charge in [-0.25, -0.2) is 0 Å². The predicted octanol–water partition coefficient (Wildman–Crippen LogP) is 12.4. The van der Waals surface area contributed by atoms with E-state index in [0.29, 0.717) is 0 Å². The first-order chi connectivity index (χ1) is 16.9. The number of hydrogen-bond acceptors (Lipinski definition) is 1. The maximum Gasteiger partial charge on any atom is 0.0466 e. The summed E-state index contributed by atoms with van der Waals surface area (Å²) in [6.45, 7) is 6.41. The minimum absolute atomic E-state index is 0.944. The van der Waals surface area contributed by atoms with Crippen LogP contribution in [0.3, 0.4) is 0 Å². The minimum Gasteiger partial charge on any atom is -0.381 e. The van der Waals surface area contributed by atoms with Crippen molar-refractivity contribution in [3.8, 4) is 0 Å². The van der Waals surface area contributed by atoms with Crippen LogP contribution in [0.4, 0.5) is 0 Å². The van der Waals surface area contributed by atoms with Crippen molar-refractivity contribution in [2.45, 2.75) is 200 Å². The van der Waals surface area contributed by atoms with Crippen molar-refractivity contribution in [3.05, 3.63) is 0 Å². The first kappa shape index (κ1) is 34.0. The molecule has 0 saturated carbocycles. The average molecular weight is 481 g/mol. The number of hydrogen-bond donors (Lipinski definition) is 0. The molecule has 0 aliphatic heterocycles. The van der Waals surface area contributed by atoms with E-state index >= 15 is 0 Å². The second-order valence-corrected chi connectivity index (χ2v) is 11.2. The summed E-state index contributed by atoms with van der Waals surface area (Å²) in [4.78, 5) is 0. The molecule has 0 unspecified atom stereocenters. The van der Waals surface area contributed by atoms with Crippen molar-refractivity contribution in [1.82, 2.24) is 0 Å². The first-order valence-corrected chi connectivity index (χ1v) is 16.5. The quantitative estimate of drug-likeness (QED) is 0.0896. The molecule has 0 bridgehead atoms. The molecule has 206 valence electrons. The molecule has 0 saturated heterocycles. The average Bonchev–Trinajstić information content (AvgIpc) is 2.85. The van der Waals surface area contributed by atoms with Gasteiger partial charge in [-0.15, -0.1) is 0 Å². The molecule has 0 spiro atoms. The van der Waals surface area contributed by atoms with Crippen LogP contribution in [0.2, 0.25) is 0 Å². The molecular weight excluding hydrogens is 412 g/mol. The summed E-state index contributed by atoms with van der Waals surface area (Å²) < 4.78 is 5.54. The lowest BCUT2D eigenvalue weighted by Crippen LogP contribution is -1.95. The summed E-state index contributed by atoms with van der Waals surface area (Å²) in [5.74, 6) is 0. The van der Waals surface area contributed by atoms with Crippen LogP contribution in [0.1, 0.15) is 200 Å². The fourth-order valence-electron chi connectivity index (χ4n) is 5.12. The molecule has 0 radical (unpaired) electrons. The summed E-state index contributed by atoms with van der Waals surface area (Å²) in [7, 11) is 0. The first-order valence-electron chi connectivity index (χ1n) is 16.5. The largest absolute Gasteiger partial charge is 0.381 e. The SMILES string of the molecule is CCCCCCCCCCCCCCCCCCCCCCCCCCCCCCOCCC. The summed E-state index contributed by atoms with van der Waals surface area (Å²) in [5, 5.41) is 0. The van der Waals surface area contributed by atoms with Gasteiger partial charge in [0.05, 0.1) is 0 Å². The molecule has 0 aromatic rings. The predicted molar refractivity (Wildman–Crippen MR) is 156 cm³/mol. The van der Waals surface area contributed by atoms with Crippen LogP contribution in [0, 0.1) is 0 Å². The van der Waals surface area contributed by atoms with E-state index in [1.807, 2.05) is 0 Å². The Labute approximate surface area is 218 Å². The smallest absolute Gasteiger partial charge is 0.0466 e. The highest BCUT2D eigenvalue weighted by Gasteiger charge is 1.96. The van der Waals surface area contributed by atoms with E-state index in [2.05, 4.69) is 13.8 Å². The highest BCUT2D eigenvalue weighted by atomic mass is 16.5. The van der Waals surface area contributed by atoms with Crippen molar-refractivity contribution in [1.29, 1.82) is 0 Å². The highest BCUT2D eigenvalue weighted by Crippen LogP contribution is 2.16. The van der Waals surface area contributed by atoms with Gasteiger partial charge in [0, 0.05) is 13.2 Å². The molecule has 0 N–H and O–H groups in total. The van der Waals surface area contributed by atoms with Crippen LogP contribution in [-0.2, 0) is 4.74 Å². The van der Waals surface area contributed by atoms with Crippen molar-refractivity contribution in [3.63, 3.8) is 0 Å². The van der Waals surface area contributed by atoms with Crippen LogP contribution < -0.4 is 0 Å². The minimum atomic E-state index is 0.944. The van der Waals surface area contributed by atoms with Gasteiger partial charge in [0.15, 0.2) is 0 Å². The number of unbranched alkanes of at least 4 members (excludes halogenated alkanes) is 27. The molecule has 0 aromatic carbocycles. The van der Waals surface area contributed by atoms with Crippen LogP contribution in [0.25, 0.3) is 0 Å². The molecule has 0 aliphatic rings. The van der Waals surface area contributed by atoms with Crippen LogP contribution >= 0.6 is 0 Å². The van der Waals surface area contributed by atoms with Crippen LogP contribution in [-0.4, -0.2) is 13.2 Å². The molecule has 0 aromatic heterocycles. The fourth-order valence-corrected chi connectivity index (χ4v) is 5.12. The summed E-state index contributed by atoms with van der Waals surface area (Å²) in [5.41, 5.74) is 0. The normalized spacial score (nSPS) is 11.5. The Bertz CT molecular complexity index is 295. The van der Waals surface area contributed by atoms with Crippen molar-refractivity contribution < 1.29 is 4.74 Å². The second-order valence-electron chi connectivity index (χ2n) is 11.2. The molecule has 0 fully saturated rings. The van der Waals surface area contributed by atoms with Gasteiger partial charge >= 0.3 is 0 Å². The zero-order chi connectivity index (χ0) is 24.6. The number of rotatable bonds is 31. The standard InChI is InChI=1S/C33H68O/c1-3-5-6-7-8-9-10-11-12-13-14-15-16-17-18-19-20-21-22-23-24-25-26-27-28-29-30-31-33-34-32-4-2/h3-33H2,1-2H3. The second kappa shape index (κ2) is 33.0. The van der Waals surface area contributed by atoms with Gasteiger partial charge in [0.1, 0.15) is 0 Å². The molecule has 0 amide bonds. The van der Waals surface area contributed by atoms with Gasteiger partial charge < -0.3 is 4.74 Å². The van der Waals surface area contributed by atoms with E-state index < -0.39 is 0 Å². The summed E-state index contributed by atoms with van der Waals surface area (Å²) in [6, 6.07) is 0. The molecular formula is C33H68O. The van der Waals surface area contributed by atoms with E-state index in [0.717, 1.165) is 19.6 Å². The zero-order valence-corrected chi connectivity index (χ0v) is 24.3. The Kier molecular flexibility index (Phi) is 32.9. The van der Waals surface area contributed by atoms with E-state index in [1.165, 1.54) is 180 Å². The zero-order valence-electron chi connectivity index (χ0n) is 24.3. The molecule has 0 aliphatic carbocycles. The summed E-state index contributed by atoms with van der Waals surface area (Å²) >= 11 is 0. The monoisotopic (exact) mass is 481 g/mol. The highest BCUT2D eigenvalue weighted by molar-refractivity contribution is 4.52. The van der Waals surface area contributed by atoms with E-state index in [9.17, 15) is 0 Å². The van der Waals surface area contributed by atoms with E-state index in [4.69, 9.17) is 4.74 Å². The third kappa shape index (κ3) is 32.0. The summed E-state index contributed by atoms with van der Waals surface area (Å²) in [6.07, 6.45) is 42.0. The van der Waals surface area contributed by atoms with Gasteiger partial charge in [0.25, 0.3) is 0 Å². The third-order valence-corrected chi connectivity index (χ3v) is 7.49. The van der Waals surface area contributed by atoms with Gasteiger partial charge in [-0.2, -0.15) is 0 Å². The topological polar surface area (TPSA) is 9.23 Å². The Morgan fingerprint density at radius 1 is 0.235 bits per heavy atom. The molecule has 0 atom stereocenters. The maximum atomic E-state index is 5.54. The van der Waals surface area contributed by atoms with Crippen LogP contribution in [0.5, 0.6) is 0 Å². The van der Waals surface area contributed by atoms with Gasteiger partial charge in [-0.3, -0.25) is 0 Å². The Morgan fingerprint density at radius 2 is 0.471 bits per heavy atom. The van der Waals surface area contributed by atoms with Crippen LogP contribution in [0.15, 0.2) is 0 Å². The molecule has 0 rings (SSSR count). The van der Waals surface area contributed by atoms with Gasteiger partial charge in [-0.05, 0) is 12.8 Å². The molecule has 0 heterocycles.